The van der Waals surface area contributed by atoms with Gasteiger partial charge in [0.2, 0.25) is 5.91 Å². The Balaban J connectivity index is 1.79. The van der Waals surface area contributed by atoms with Gasteiger partial charge in [0, 0.05) is 23.7 Å². The molecule has 3 aromatic rings. The summed E-state index contributed by atoms with van der Waals surface area (Å²) >= 11 is 0. The number of amides is 3. The number of rotatable bonds is 7. The van der Waals surface area contributed by atoms with Crippen molar-refractivity contribution < 1.29 is 14.3 Å². The number of nitrogens with zero attached hydrogens (tertiary/aromatic N) is 3. The maximum Gasteiger partial charge on any atom is 0.322 e. The summed E-state index contributed by atoms with van der Waals surface area (Å²) in [6, 6.07) is 14.7. The van der Waals surface area contributed by atoms with E-state index >= 15 is 0 Å². The van der Waals surface area contributed by atoms with Gasteiger partial charge in [-0.1, -0.05) is 32.9 Å². The van der Waals surface area contributed by atoms with E-state index < -0.39 is 0 Å². The third-order valence-electron chi connectivity index (χ3n) is 5.91. The Morgan fingerprint density at radius 1 is 1.06 bits per heavy atom. The van der Waals surface area contributed by atoms with Gasteiger partial charge in [-0.3, -0.25) is 4.79 Å². The Morgan fingerprint density at radius 3 is 2.34 bits per heavy atom. The van der Waals surface area contributed by atoms with Crippen LogP contribution in [0, 0.1) is 13.8 Å². The Morgan fingerprint density at radius 2 is 1.74 bits per heavy atom. The average molecular weight is 478 g/mol. The summed E-state index contributed by atoms with van der Waals surface area (Å²) in [5.41, 5.74) is 4.24. The summed E-state index contributed by atoms with van der Waals surface area (Å²) in [7, 11) is 1.61. The van der Waals surface area contributed by atoms with Gasteiger partial charge in [0.1, 0.15) is 18.1 Å². The maximum atomic E-state index is 13.0. The number of aryl methyl sites for hydroxylation is 1. The molecule has 0 atom stereocenters. The highest BCUT2D eigenvalue weighted by atomic mass is 16.5. The Bertz CT molecular complexity index is 1190. The van der Waals surface area contributed by atoms with Gasteiger partial charge in [0.05, 0.1) is 18.5 Å². The molecule has 0 radical (unpaired) electrons. The number of urea groups is 1. The molecule has 186 valence electrons. The largest absolute Gasteiger partial charge is 0.497 e. The fraction of sp³-hybridized carbons (Fsp3) is 0.370. The van der Waals surface area contributed by atoms with Crippen molar-refractivity contribution in [2.45, 2.75) is 47.0 Å². The van der Waals surface area contributed by atoms with Crippen molar-refractivity contribution >= 4 is 23.4 Å². The number of benzene rings is 2. The number of carbonyl (C=O) groups is 2. The number of methoxy groups -OCH3 is 1. The molecule has 0 saturated heterocycles. The van der Waals surface area contributed by atoms with Gasteiger partial charge in [-0.15, -0.1) is 0 Å². The third kappa shape index (κ3) is 6.20. The fourth-order valence-electron chi connectivity index (χ4n) is 3.52. The Kier molecular flexibility index (Phi) is 7.84. The first-order valence-electron chi connectivity index (χ1n) is 11.7. The van der Waals surface area contributed by atoms with Gasteiger partial charge in [0.25, 0.3) is 0 Å². The lowest BCUT2D eigenvalue weighted by Crippen LogP contribution is -2.40. The van der Waals surface area contributed by atoms with Crippen molar-refractivity contribution in [2.75, 3.05) is 30.8 Å². The van der Waals surface area contributed by atoms with Crippen molar-refractivity contribution in [1.29, 1.82) is 0 Å². The highest BCUT2D eigenvalue weighted by Gasteiger charge is 2.23. The van der Waals surface area contributed by atoms with Gasteiger partial charge in [-0.25, -0.2) is 9.48 Å². The zero-order chi connectivity index (χ0) is 25.8. The van der Waals surface area contributed by atoms with Gasteiger partial charge in [0.15, 0.2) is 0 Å². The number of hydrogen-bond acceptors (Lipinski definition) is 4. The van der Waals surface area contributed by atoms with Crippen molar-refractivity contribution in [3.63, 3.8) is 0 Å². The van der Waals surface area contributed by atoms with Crippen LogP contribution < -0.4 is 15.4 Å². The fourth-order valence-corrected chi connectivity index (χ4v) is 3.52. The highest BCUT2D eigenvalue weighted by molar-refractivity contribution is 5.97. The van der Waals surface area contributed by atoms with E-state index in [0.717, 1.165) is 33.9 Å². The van der Waals surface area contributed by atoms with Crippen molar-refractivity contribution in [3.05, 3.63) is 65.4 Å². The number of ether oxygens (including phenoxy) is 1. The molecule has 0 saturated carbocycles. The summed E-state index contributed by atoms with van der Waals surface area (Å²) in [5.74, 6) is 0.963. The minimum absolute atomic E-state index is 0.0914. The van der Waals surface area contributed by atoms with Crippen LogP contribution in [0.1, 0.15) is 44.5 Å². The molecule has 8 heteroatoms. The van der Waals surface area contributed by atoms with Crippen molar-refractivity contribution in [3.8, 4) is 11.4 Å². The maximum absolute atomic E-state index is 13.0. The summed E-state index contributed by atoms with van der Waals surface area (Å²) in [6.07, 6.45) is 0. The van der Waals surface area contributed by atoms with E-state index in [0.29, 0.717) is 12.4 Å². The molecule has 35 heavy (non-hydrogen) atoms. The quantitative estimate of drug-likeness (QED) is 0.484. The molecule has 2 aromatic carbocycles. The Labute approximate surface area is 207 Å². The molecule has 0 aliphatic carbocycles. The lowest BCUT2D eigenvalue weighted by atomic mass is 9.92. The van der Waals surface area contributed by atoms with Crippen molar-refractivity contribution in [1.82, 2.24) is 14.7 Å². The number of carbonyl (C=O) groups excluding carboxylic acids is 2. The van der Waals surface area contributed by atoms with Crippen LogP contribution >= 0.6 is 0 Å². The Hall–Kier alpha value is -3.81. The van der Waals surface area contributed by atoms with Crippen LogP contribution in [0.5, 0.6) is 5.75 Å². The van der Waals surface area contributed by atoms with Crippen LogP contribution in [0.3, 0.4) is 0 Å². The molecule has 1 aromatic heterocycles. The van der Waals surface area contributed by atoms with Crippen LogP contribution in [0.25, 0.3) is 5.69 Å². The first-order valence-corrected chi connectivity index (χ1v) is 11.7. The molecule has 8 nitrogen and oxygen atoms in total. The van der Waals surface area contributed by atoms with E-state index in [1.165, 1.54) is 4.90 Å². The van der Waals surface area contributed by atoms with Crippen LogP contribution in [0.2, 0.25) is 0 Å². The number of likely N-dealkylation sites (N-methyl/N-ethyl adjacent to an activating group) is 1. The van der Waals surface area contributed by atoms with Crippen LogP contribution in [0.4, 0.5) is 16.3 Å². The van der Waals surface area contributed by atoms with Gasteiger partial charge in [-0.2, -0.15) is 5.10 Å². The lowest BCUT2D eigenvalue weighted by molar-refractivity contribution is -0.116. The topological polar surface area (TPSA) is 88.5 Å². The van der Waals surface area contributed by atoms with E-state index in [1.54, 1.807) is 11.8 Å². The predicted molar refractivity (Wildman–Crippen MR) is 140 cm³/mol. The molecule has 1 heterocycles. The SMILES string of the molecule is CCN(CC(=O)Nc1cc(C(C)(C)C)nn1-c1ccc(OC)cc1)C(=O)Nc1cccc(C)c1C. The van der Waals surface area contributed by atoms with E-state index in [-0.39, 0.29) is 23.9 Å². The second kappa shape index (κ2) is 10.6. The first kappa shape index (κ1) is 25.8. The number of aromatic nitrogens is 2. The summed E-state index contributed by atoms with van der Waals surface area (Å²) in [6.45, 7) is 12.3. The zero-order valence-corrected chi connectivity index (χ0v) is 21.6. The van der Waals surface area contributed by atoms with Gasteiger partial charge in [-0.05, 0) is 62.2 Å². The van der Waals surface area contributed by atoms with Crippen LogP contribution in [-0.4, -0.2) is 46.8 Å². The van der Waals surface area contributed by atoms with E-state index in [9.17, 15) is 9.59 Å². The second-order valence-corrected chi connectivity index (χ2v) is 9.51. The van der Waals surface area contributed by atoms with Gasteiger partial charge < -0.3 is 20.3 Å². The standard InChI is InChI=1S/C27H35N5O3/c1-8-31(26(34)28-22-11-9-10-18(2)19(22)3)17-25(33)29-24-16-23(27(4,5)6)30-32(24)20-12-14-21(35-7)15-13-20/h9-16H,8,17H2,1-7H3,(H,28,34)(H,29,33). The molecule has 0 fully saturated rings. The smallest absolute Gasteiger partial charge is 0.322 e. The second-order valence-electron chi connectivity index (χ2n) is 9.51. The molecule has 0 spiro atoms. The molecule has 0 bridgehead atoms. The normalized spacial score (nSPS) is 11.2. The lowest BCUT2D eigenvalue weighted by Gasteiger charge is -2.22. The predicted octanol–water partition coefficient (Wildman–Crippen LogP) is 5.29. The van der Waals surface area contributed by atoms with Crippen molar-refractivity contribution in [2.24, 2.45) is 0 Å². The molecular formula is C27H35N5O3. The molecule has 0 aliphatic heterocycles. The zero-order valence-electron chi connectivity index (χ0n) is 21.6. The van der Waals surface area contributed by atoms with Gasteiger partial charge >= 0.3 is 6.03 Å². The van der Waals surface area contributed by atoms with E-state index in [2.05, 4.69) is 31.4 Å². The third-order valence-corrected chi connectivity index (χ3v) is 5.91. The molecule has 0 unspecified atom stereocenters. The molecule has 0 aliphatic rings. The first-order chi connectivity index (χ1) is 16.5. The average Bonchev–Trinajstić information content (AvgIpc) is 3.24. The summed E-state index contributed by atoms with van der Waals surface area (Å²) < 4.78 is 6.95. The number of nitrogens with one attached hydrogen (secondary N) is 2. The minimum atomic E-state index is -0.324. The van der Waals surface area contributed by atoms with E-state index in [4.69, 9.17) is 9.84 Å². The van der Waals surface area contributed by atoms with Crippen LogP contribution in [0.15, 0.2) is 48.5 Å². The molecular weight excluding hydrogens is 442 g/mol. The summed E-state index contributed by atoms with van der Waals surface area (Å²) in [5, 5.41) is 10.6. The monoisotopic (exact) mass is 477 g/mol. The molecule has 2 N–H and O–H groups in total. The highest BCUT2D eigenvalue weighted by Crippen LogP contribution is 2.27. The van der Waals surface area contributed by atoms with Crippen LogP contribution in [-0.2, 0) is 10.2 Å². The minimum Gasteiger partial charge on any atom is -0.497 e. The van der Waals surface area contributed by atoms with E-state index in [1.807, 2.05) is 69.3 Å². The molecule has 3 rings (SSSR count). The molecule has 3 amide bonds. The number of anilines is 2. The summed E-state index contributed by atoms with van der Waals surface area (Å²) in [4.78, 5) is 27.4. The number of hydrogen-bond donors (Lipinski definition) is 2.